The lowest BCUT2D eigenvalue weighted by molar-refractivity contribution is -0.123. The number of Topliss-reactive ketones (excluding diaryl/α,β-unsaturated/α-hetero) is 1. The van der Waals surface area contributed by atoms with E-state index in [-0.39, 0.29) is 12.1 Å². The number of halogens is 1. The molecule has 2 bridgehead atoms. The Morgan fingerprint density at radius 3 is 2.49 bits per heavy atom. The van der Waals surface area contributed by atoms with Crippen molar-refractivity contribution in [1.82, 2.24) is 34.6 Å². The Morgan fingerprint density at radius 1 is 1.02 bits per heavy atom. The van der Waals surface area contributed by atoms with Gasteiger partial charge in [0, 0.05) is 68.9 Å². The first kappa shape index (κ1) is 31.4. The van der Waals surface area contributed by atoms with E-state index in [0.717, 1.165) is 29.5 Å². The summed E-state index contributed by atoms with van der Waals surface area (Å²) in [6.45, 7) is 4.15. The van der Waals surface area contributed by atoms with Gasteiger partial charge in [-0.1, -0.05) is 0 Å². The van der Waals surface area contributed by atoms with E-state index in [4.69, 9.17) is 9.72 Å². The zero-order valence-corrected chi connectivity index (χ0v) is 29.0. The summed E-state index contributed by atoms with van der Waals surface area (Å²) in [4.78, 5) is 33.0. The van der Waals surface area contributed by atoms with E-state index in [1.165, 1.54) is 0 Å². The van der Waals surface area contributed by atoms with Crippen LogP contribution in [0.4, 0.5) is 23.1 Å². The summed E-state index contributed by atoms with van der Waals surface area (Å²) in [7, 11) is 0.770. The number of ketones is 1. The van der Waals surface area contributed by atoms with Crippen LogP contribution in [0.2, 0.25) is 0 Å². The molecule has 2 saturated heterocycles. The molecule has 12 nitrogen and oxygen atoms in total. The minimum atomic E-state index is -2.77. The third kappa shape index (κ3) is 6.27. The lowest BCUT2D eigenvalue weighted by Crippen LogP contribution is -2.42. The van der Waals surface area contributed by atoms with Crippen LogP contribution in [-0.2, 0) is 23.0 Å². The molecule has 2 N–H and O–H groups in total. The van der Waals surface area contributed by atoms with E-state index in [1.54, 1.807) is 43.7 Å². The predicted octanol–water partition coefficient (Wildman–Crippen LogP) is 6.02. The number of rotatable bonds is 9. The number of benzene rings is 2. The Hall–Kier alpha value is -4.19. The maximum Gasteiger partial charge on any atom is 0.229 e. The minimum Gasteiger partial charge on any atom is -0.495 e. The number of piperidine rings is 1. The average Bonchev–Trinajstić information content (AvgIpc) is 3.57. The summed E-state index contributed by atoms with van der Waals surface area (Å²) in [5, 5.41) is 11.8. The van der Waals surface area contributed by atoms with E-state index in [0.29, 0.717) is 74.9 Å². The van der Waals surface area contributed by atoms with Crippen LogP contribution in [0.15, 0.2) is 59.7 Å². The summed E-state index contributed by atoms with van der Waals surface area (Å²) in [6, 6.07) is 8.35. The Balaban J connectivity index is 1.24. The number of hydrogen-bond acceptors (Lipinski definition) is 11. The zero-order valence-electron chi connectivity index (χ0n) is 26.6. The lowest BCUT2D eigenvalue weighted by atomic mass is 9.96. The fourth-order valence-corrected chi connectivity index (χ4v) is 8.48. The van der Waals surface area contributed by atoms with E-state index in [1.807, 2.05) is 37.6 Å². The van der Waals surface area contributed by atoms with E-state index < -0.39 is 7.14 Å². The molecule has 0 amide bonds. The highest BCUT2D eigenvalue weighted by Crippen LogP contribution is 2.42. The van der Waals surface area contributed by atoms with Gasteiger partial charge in [-0.15, -0.1) is 0 Å². The van der Waals surface area contributed by atoms with Gasteiger partial charge in [-0.3, -0.25) is 24.3 Å². The fourth-order valence-electron chi connectivity index (χ4n) is 6.80. The smallest absolute Gasteiger partial charge is 0.229 e. The van der Waals surface area contributed by atoms with Crippen molar-refractivity contribution in [2.75, 3.05) is 31.1 Å². The first-order valence-corrected chi connectivity index (χ1v) is 18.8. The SMILES string of the molecule is COc1cc(CN2C3CCC2CC(=O)C3)c(-c2cnn(C)c2)cc1Nc1ncc(Br)c(Nc2ccc3nccnc3c2P(C)(C)=O)n1. The largest absolute Gasteiger partial charge is 0.495 e. The molecule has 2 unspecified atom stereocenters. The monoisotopic (exact) mass is 715 g/mol. The van der Waals surface area contributed by atoms with Crippen LogP contribution in [0, 0.1) is 0 Å². The van der Waals surface area contributed by atoms with Crippen molar-refractivity contribution in [3.05, 3.63) is 65.3 Å². The molecule has 0 saturated carbocycles. The van der Waals surface area contributed by atoms with Crippen molar-refractivity contribution in [1.29, 1.82) is 0 Å². The fraction of sp³-hybridized carbons (Fsp3) is 0.333. The number of methoxy groups -OCH3 is 1. The van der Waals surface area contributed by atoms with Crippen molar-refractivity contribution in [2.45, 2.75) is 44.3 Å². The maximum atomic E-state index is 13.5. The van der Waals surface area contributed by atoms with Crippen LogP contribution in [0.3, 0.4) is 0 Å². The molecular formula is C33H35BrN9O3P. The second-order valence-corrected chi connectivity index (χ2v) is 16.5. The van der Waals surface area contributed by atoms with Crippen LogP contribution in [0.25, 0.3) is 22.2 Å². The Bertz CT molecular complexity index is 2050. The number of fused-ring (bicyclic) bond motifs is 3. The molecule has 3 aromatic heterocycles. The summed E-state index contributed by atoms with van der Waals surface area (Å²) in [5.74, 6) is 1.83. The molecule has 2 aliphatic heterocycles. The second-order valence-electron chi connectivity index (χ2n) is 12.5. The van der Waals surface area contributed by atoms with Gasteiger partial charge in [-0.05, 0) is 77.5 Å². The number of carbonyl (C=O) groups is 1. The molecule has 2 aromatic carbocycles. The minimum absolute atomic E-state index is 0.276. The number of carbonyl (C=O) groups excluding carboxylic acids is 1. The van der Waals surface area contributed by atoms with Gasteiger partial charge in [-0.25, -0.2) is 4.98 Å². The molecule has 7 rings (SSSR count). The van der Waals surface area contributed by atoms with Gasteiger partial charge in [0.05, 0.1) is 40.0 Å². The third-order valence-electron chi connectivity index (χ3n) is 8.89. The second kappa shape index (κ2) is 12.4. The summed E-state index contributed by atoms with van der Waals surface area (Å²) in [5.41, 5.74) is 5.66. The van der Waals surface area contributed by atoms with Gasteiger partial charge in [0.1, 0.15) is 30.0 Å². The van der Waals surface area contributed by atoms with Crippen molar-refractivity contribution in [3.63, 3.8) is 0 Å². The Morgan fingerprint density at radius 2 is 1.79 bits per heavy atom. The third-order valence-corrected chi connectivity index (χ3v) is 11.0. The normalized spacial score (nSPS) is 18.1. The van der Waals surface area contributed by atoms with Crippen molar-refractivity contribution in [3.8, 4) is 16.9 Å². The van der Waals surface area contributed by atoms with Gasteiger partial charge < -0.3 is 19.9 Å². The molecule has 2 aliphatic rings. The highest BCUT2D eigenvalue weighted by atomic mass is 79.9. The molecule has 14 heteroatoms. The first-order valence-electron chi connectivity index (χ1n) is 15.4. The van der Waals surface area contributed by atoms with Crippen LogP contribution < -0.4 is 20.7 Å². The van der Waals surface area contributed by atoms with Gasteiger partial charge in [0.25, 0.3) is 0 Å². The van der Waals surface area contributed by atoms with Crippen LogP contribution >= 0.6 is 23.1 Å². The van der Waals surface area contributed by atoms with Gasteiger partial charge in [0.2, 0.25) is 5.95 Å². The zero-order chi connectivity index (χ0) is 32.9. The molecule has 5 heterocycles. The summed E-state index contributed by atoms with van der Waals surface area (Å²) >= 11 is 3.57. The molecule has 242 valence electrons. The van der Waals surface area contributed by atoms with Crippen molar-refractivity contribution < 1.29 is 14.1 Å². The molecule has 0 aliphatic carbocycles. The highest BCUT2D eigenvalue weighted by Gasteiger charge is 2.40. The average molecular weight is 717 g/mol. The van der Waals surface area contributed by atoms with E-state index in [2.05, 4.69) is 57.6 Å². The topological polar surface area (TPSA) is 140 Å². The Kier molecular flexibility index (Phi) is 8.32. The number of aromatic nitrogens is 6. The lowest BCUT2D eigenvalue weighted by Gasteiger charge is -2.34. The molecule has 2 fully saturated rings. The van der Waals surface area contributed by atoms with E-state index in [9.17, 15) is 9.36 Å². The predicted molar refractivity (Wildman–Crippen MR) is 187 cm³/mol. The van der Waals surface area contributed by atoms with E-state index >= 15 is 0 Å². The quantitative estimate of drug-likeness (QED) is 0.173. The summed E-state index contributed by atoms with van der Waals surface area (Å²) in [6.07, 6.45) is 12.1. The van der Waals surface area contributed by atoms with Gasteiger partial charge in [-0.2, -0.15) is 10.1 Å². The summed E-state index contributed by atoms with van der Waals surface area (Å²) < 4.78 is 21.8. The number of anilines is 4. The standard InChI is InChI=1S/C33H35BrN9O3P/c1-42-17-20(15-38-42)24-14-28(29(46-2)11-19(24)18-43-21-5-6-22(43)13-23(44)12-21)40-33-37-16-25(34)32(41-33)39-27-8-7-26-30(36-10-9-35-26)31(27)47(3,4)45/h7-11,14-17,21-22H,5-6,12-13,18H2,1-4H3,(H2,37,39,40,41). The van der Waals surface area contributed by atoms with Crippen LogP contribution in [-0.4, -0.2) is 72.9 Å². The van der Waals surface area contributed by atoms with Crippen molar-refractivity contribution >= 4 is 68.3 Å². The number of aryl methyl sites for hydroxylation is 1. The number of nitrogens with zero attached hydrogens (tertiary/aromatic N) is 7. The molecule has 47 heavy (non-hydrogen) atoms. The molecule has 5 aromatic rings. The van der Waals surface area contributed by atoms with Crippen molar-refractivity contribution in [2.24, 2.45) is 7.05 Å². The highest BCUT2D eigenvalue weighted by molar-refractivity contribution is 9.10. The Labute approximate surface area is 280 Å². The molecule has 0 spiro atoms. The van der Waals surface area contributed by atoms with Gasteiger partial charge >= 0.3 is 0 Å². The maximum absolute atomic E-state index is 13.5. The van der Waals surface area contributed by atoms with Crippen LogP contribution in [0.1, 0.15) is 31.2 Å². The molecule has 2 atom stereocenters. The number of ether oxygens (including phenoxy) is 1. The number of hydrogen-bond donors (Lipinski definition) is 2. The molecular weight excluding hydrogens is 681 g/mol. The first-order chi connectivity index (χ1) is 22.6. The molecule has 0 radical (unpaired) electrons. The number of nitrogens with one attached hydrogen (secondary N) is 2. The van der Waals surface area contributed by atoms with Gasteiger partial charge in [0.15, 0.2) is 0 Å². The van der Waals surface area contributed by atoms with Crippen LogP contribution in [0.5, 0.6) is 5.75 Å².